The van der Waals surface area contributed by atoms with Gasteiger partial charge in [0.05, 0.1) is 0 Å². The normalized spacial score (nSPS) is 15.2. The van der Waals surface area contributed by atoms with E-state index in [-0.39, 0.29) is 5.41 Å². The van der Waals surface area contributed by atoms with Crippen LogP contribution in [-0.2, 0) is 4.79 Å². The van der Waals surface area contributed by atoms with Crippen molar-refractivity contribution in [2.24, 2.45) is 5.41 Å². The van der Waals surface area contributed by atoms with Crippen LogP contribution in [-0.4, -0.2) is 6.29 Å². The van der Waals surface area contributed by atoms with Crippen molar-refractivity contribution >= 4 is 6.29 Å². The molecule has 0 saturated carbocycles. The minimum absolute atomic E-state index is 0.241. The first kappa shape index (κ1) is 11.4. The second-order valence-corrected chi connectivity index (χ2v) is 3.37. The van der Waals surface area contributed by atoms with Crippen LogP contribution in [0, 0.1) is 5.41 Å². The van der Waals surface area contributed by atoms with Crippen LogP contribution in [0.1, 0.15) is 46.0 Å². The van der Waals surface area contributed by atoms with Crippen molar-refractivity contribution in [1.82, 2.24) is 0 Å². The molecule has 0 aromatic heterocycles. The summed E-state index contributed by atoms with van der Waals surface area (Å²) in [6.45, 7) is 7.94. The highest BCUT2D eigenvalue weighted by atomic mass is 16.1. The maximum absolute atomic E-state index is 10.8. The van der Waals surface area contributed by atoms with Gasteiger partial charge in [0.2, 0.25) is 0 Å². The van der Waals surface area contributed by atoms with Crippen LogP contribution in [0.2, 0.25) is 0 Å². The number of rotatable bonds is 7. The molecule has 70 valence electrons. The number of carbonyl (C=O) groups is 1. The second-order valence-electron chi connectivity index (χ2n) is 3.37. The first-order chi connectivity index (χ1) is 5.74. The zero-order chi connectivity index (χ0) is 9.45. The summed E-state index contributed by atoms with van der Waals surface area (Å²) in [7, 11) is 0. The molecule has 0 aliphatic heterocycles. The van der Waals surface area contributed by atoms with Gasteiger partial charge >= 0.3 is 0 Å². The molecule has 0 aliphatic carbocycles. The molecule has 0 unspecified atom stereocenters. The molecule has 0 spiro atoms. The van der Waals surface area contributed by atoms with Crippen molar-refractivity contribution in [3.8, 4) is 0 Å². The Morgan fingerprint density at radius 1 is 1.33 bits per heavy atom. The molecule has 1 heteroatoms. The lowest BCUT2D eigenvalue weighted by Crippen LogP contribution is -2.18. The van der Waals surface area contributed by atoms with Gasteiger partial charge in [-0.15, -0.1) is 6.58 Å². The van der Waals surface area contributed by atoms with Gasteiger partial charge in [0.1, 0.15) is 6.29 Å². The highest BCUT2D eigenvalue weighted by molar-refractivity contribution is 5.62. The van der Waals surface area contributed by atoms with Gasteiger partial charge in [0.15, 0.2) is 0 Å². The third-order valence-corrected chi connectivity index (χ3v) is 2.55. The smallest absolute Gasteiger partial charge is 0.129 e. The van der Waals surface area contributed by atoms with E-state index in [1.807, 2.05) is 6.92 Å². The van der Waals surface area contributed by atoms with Gasteiger partial charge in [0.25, 0.3) is 0 Å². The van der Waals surface area contributed by atoms with Crippen LogP contribution >= 0.6 is 0 Å². The van der Waals surface area contributed by atoms with Crippen LogP contribution in [0.3, 0.4) is 0 Å². The minimum atomic E-state index is -0.241. The lowest BCUT2D eigenvalue weighted by Gasteiger charge is -2.21. The van der Waals surface area contributed by atoms with E-state index in [2.05, 4.69) is 13.5 Å². The summed E-state index contributed by atoms with van der Waals surface area (Å²) in [6, 6.07) is 0. The molecule has 0 amide bonds. The molecule has 0 aromatic carbocycles. The summed E-state index contributed by atoms with van der Waals surface area (Å²) < 4.78 is 0. The van der Waals surface area contributed by atoms with E-state index >= 15 is 0 Å². The SMILES string of the molecule is C=C[C@](C=O)(CC)CCCCC. The Labute approximate surface area is 75.9 Å². The van der Waals surface area contributed by atoms with Gasteiger partial charge in [-0.25, -0.2) is 0 Å². The quantitative estimate of drug-likeness (QED) is 0.324. The fraction of sp³-hybridized carbons (Fsp3) is 0.727. The zero-order valence-corrected chi connectivity index (χ0v) is 8.31. The van der Waals surface area contributed by atoms with E-state index < -0.39 is 0 Å². The fourth-order valence-electron chi connectivity index (χ4n) is 1.32. The van der Waals surface area contributed by atoms with Crippen LogP contribution in [0.4, 0.5) is 0 Å². The highest BCUT2D eigenvalue weighted by Gasteiger charge is 2.22. The predicted octanol–water partition coefficient (Wildman–Crippen LogP) is 3.35. The van der Waals surface area contributed by atoms with Crippen molar-refractivity contribution in [1.29, 1.82) is 0 Å². The fourth-order valence-corrected chi connectivity index (χ4v) is 1.32. The van der Waals surface area contributed by atoms with Crippen LogP contribution in [0.15, 0.2) is 12.7 Å². The Hall–Kier alpha value is -0.590. The Bertz CT molecular complexity index is 130. The molecule has 1 atom stereocenters. The molecule has 1 nitrogen and oxygen atoms in total. The molecule has 0 radical (unpaired) electrons. The standard InChI is InChI=1S/C11H20O/c1-4-7-8-9-11(5-2,6-3)10-12/h5,10H,2,4,6-9H2,1,3H3/t11-/m0/s1. The van der Waals surface area contributed by atoms with Gasteiger partial charge in [0, 0.05) is 5.41 Å². The molecule has 0 aliphatic rings. The molecule has 12 heavy (non-hydrogen) atoms. The largest absolute Gasteiger partial charge is 0.302 e. The molecule has 0 saturated heterocycles. The van der Waals surface area contributed by atoms with Gasteiger partial charge < -0.3 is 4.79 Å². The predicted molar refractivity (Wildman–Crippen MR) is 53.1 cm³/mol. The van der Waals surface area contributed by atoms with Crippen LogP contribution in [0.5, 0.6) is 0 Å². The van der Waals surface area contributed by atoms with Gasteiger partial charge in [-0.05, 0) is 12.8 Å². The van der Waals surface area contributed by atoms with Gasteiger partial charge in [-0.3, -0.25) is 0 Å². The lowest BCUT2D eigenvalue weighted by molar-refractivity contribution is -0.114. The van der Waals surface area contributed by atoms with Crippen molar-refractivity contribution in [2.75, 3.05) is 0 Å². The Kier molecular flexibility index (Phi) is 5.69. The van der Waals surface area contributed by atoms with E-state index in [9.17, 15) is 4.79 Å². The van der Waals surface area contributed by atoms with Crippen molar-refractivity contribution in [3.05, 3.63) is 12.7 Å². The Morgan fingerprint density at radius 2 is 2.00 bits per heavy atom. The third-order valence-electron chi connectivity index (χ3n) is 2.55. The minimum Gasteiger partial charge on any atom is -0.302 e. The van der Waals surface area contributed by atoms with Crippen molar-refractivity contribution in [3.63, 3.8) is 0 Å². The molecule has 0 bridgehead atoms. The molecular weight excluding hydrogens is 148 g/mol. The molecule has 0 aromatic rings. The molecule has 0 fully saturated rings. The Balaban J connectivity index is 3.93. The summed E-state index contributed by atoms with van der Waals surface area (Å²) in [6.07, 6.45) is 8.24. The van der Waals surface area contributed by atoms with Gasteiger partial charge in [-0.2, -0.15) is 0 Å². The van der Waals surface area contributed by atoms with Gasteiger partial charge in [-0.1, -0.05) is 39.2 Å². The monoisotopic (exact) mass is 168 g/mol. The number of allylic oxidation sites excluding steroid dienone is 1. The lowest BCUT2D eigenvalue weighted by atomic mass is 9.82. The van der Waals surface area contributed by atoms with E-state index in [1.54, 1.807) is 6.08 Å². The average molecular weight is 168 g/mol. The highest BCUT2D eigenvalue weighted by Crippen LogP contribution is 2.27. The first-order valence-corrected chi connectivity index (χ1v) is 4.84. The van der Waals surface area contributed by atoms with Crippen molar-refractivity contribution < 1.29 is 4.79 Å². The number of hydrogen-bond acceptors (Lipinski definition) is 1. The molecule has 0 N–H and O–H groups in total. The number of aldehydes is 1. The zero-order valence-electron chi connectivity index (χ0n) is 8.31. The molecule has 0 heterocycles. The van der Waals surface area contributed by atoms with E-state index in [1.165, 1.54) is 12.8 Å². The summed E-state index contributed by atoms with van der Waals surface area (Å²) >= 11 is 0. The van der Waals surface area contributed by atoms with E-state index in [0.717, 1.165) is 25.5 Å². The molecular formula is C11H20O. The maximum Gasteiger partial charge on any atom is 0.129 e. The first-order valence-electron chi connectivity index (χ1n) is 4.84. The van der Waals surface area contributed by atoms with E-state index in [4.69, 9.17) is 0 Å². The second kappa shape index (κ2) is 5.99. The number of carbonyl (C=O) groups excluding carboxylic acids is 1. The summed E-state index contributed by atoms with van der Waals surface area (Å²) in [5, 5.41) is 0. The average Bonchev–Trinajstić information content (AvgIpc) is 2.14. The van der Waals surface area contributed by atoms with E-state index in [0.29, 0.717) is 0 Å². The number of unbranched alkanes of at least 4 members (excludes halogenated alkanes) is 2. The summed E-state index contributed by atoms with van der Waals surface area (Å²) in [5.41, 5.74) is -0.241. The third kappa shape index (κ3) is 3.21. The summed E-state index contributed by atoms with van der Waals surface area (Å²) in [5.74, 6) is 0. The molecule has 0 rings (SSSR count). The summed E-state index contributed by atoms with van der Waals surface area (Å²) in [4.78, 5) is 10.8. The van der Waals surface area contributed by atoms with Crippen LogP contribution < -0.4 is 0 Å². The number of hydrogen-bond donors (Lipinski definition) is 0. The topological polar surface area (TPSA) is 17.1 Å². The van der Waals surface area contributed by atoms with Crippen molar-refractivity contribution in [2.45, 2.75) is 46.0 Å². The Morgan fingerprint density at radius 3 is 2.33 bits per heavy atom. The maximum atomic E-state index is 10.8. The van der Waals surface area contributed by atoms with Crippen LogP contribution in [0.25, 0.3) is 0 Å².